The summed E-state index contributed by atoms with van der Waals surface area (Å²) in [4.78, 5) is 10.1. The van der Waals surface area contributed by atoms with Crippen molar-refractivity contribution >= 4 is 20.9 Å². The maximum absolute atomic E-state index is 10.1. The van der Waals surface area contributed by atoms with Crippen LogP contribution in [0.1, 0.15) is 6.42 Å². The van der Waals surface area contributed by atoms with E-state index in [1.54, 1.807) is 0 Å². The fourth-order valence-corrected chi connectivity index (χ4v) is 1.40. The Morgan fingerprint density at radius 3 is 2.60 bits per heavy atom. The molecular formula is C5H11NO2PtSe. The smallest absolute Gasteiger partial charge is 0 e. The molecule has 0 radical (unpaired) electrons. The fourth-order valence-electron chi connectivity index (χ4n) is 0.368. The average molecular weight is 391 g/mol. The quantitative estimate of drug-likeness (QED) is 0.662. The van der Waals surface area contributed by atoms with Gasteiger partial charge in [-0.05, 0) is 0 Å². The van der Waals surface area contributed by atoms with Crippen LogP contribution in [0.25, 0.3) is 0 Å². The molecule has 3 nitrogen and oxygen atoms in total. The molecule has 0 aliphatic heterocycles. The zero-order valence-corrected chi connectivity index (χ0v) is 9.63. The predicted molar refractivity (Wildman–Crippen MR) is 36.7 cm³/mol. The number of rotatable bonds is 4. The van der Waals surface area contributed by atoms with Gasteiger partial charge >= 0.3 is 60.2 Å². The van der Waals surface area contributed by atoms with E-state index < -0.39 is 12.0 Å². The fraction of sp³-hybridized carbons (Fsp3) is 0.800. The molecule has 0 unspecified atom stereocenters. The van der Waals surface area contributed by atoms with Crippen LogP contribution in [0.15, 0.2) is 0 Å². The van der Waals surface area contributed by atoms with Crippen molar-refractivity contribution in [3.63, 3.8) is 0 Å². The van der Waals surface area contributed by atoms with E-state index in [-0.39, 0.29) is 21.1 Å². The van der Waals surface area contributed by atoms with Crippen LogP contribution in [0.3, 0.4) is 0 Å². The summed E-state index contributed by atoms with van der Waals surface area (Å²) in [6.45, 7) is 0. The van der Waals surface area contributed by atoms with Crippen molar-refractivity contribution in [2.24, 2.45) is 5.73 Å². The molecule has 3 N–H and O–H groups in total. The summed E-state index contributed by atoms with van der Waals surface area (Å²) in [5.41, 5.74) is 5.21. The third-order valence-corrected chi connectivity index (χ3v) is 2.30. The van der Waals surface area contributed by atoms with E-state index in [2.05, 4.69) is 5.82 Å². The molecule has 0 spiro atoms. The molecule has 0 aliphatic rings. The van der Waals surface area contributed by atoms with Gasteiger partial charge in [0.15, 0.2) is 0 Å². The normalized spacial score (nSPS) is 11.8. The van der Waals surface area contributed by atoms with Crippen molar-refractivity contribution in [1.29, 1.82) is 0 Å². The number of aliphatic carboxylic acids is 1. The molecule has 0 aromatic rings. The van der Waals surface area contributed by atoms with Crippen LogP contribution in [0.5, 0.6) is 0 Å². The van der Waals surface area contributed by atoms with Crippen LogP contribution >= 0.6 is 0 Å². The molecule has 0 amide bonds. The number of carboxylic acid groups (broad SMARTS) is 1. The molecule has 0 aromatic carbocycles. The monoisotopic (exact) mass is 392 g/mol. The summed E-state index contributed by atoms with van der Waals surface area (Å²) in [6.07, 6.45) is 0.617. The summed E-state index contributed by atoms with van der Waals surface area (Å²) < 4.78 is 0. The first-order valence-electron chi connectivity index (χ1n) is 2.65. The minimum atomic E-state index is -0.890. The standard InChI is InChI=1S/C5H11NO2Se.Pt/c1-9-3-2-4(6)5(7)8;/h4H,2-3,6H2,1H3,(H,7,8);/t4-;/m0./s1. The second-order valence-electron chi connectivity index (χ2n) is 1.73. The molecule has 0 rings (SSSR count). The first kappa shape index (κ1) is 13.2. The van der Waals surface area contributed by atoms with Gasteiger partial charge in [-0.15, -0.1) is 0 Å². The Bertz CT molecular complexity index is 102. The molecule has 0 bridgehead atoms. The van der Waals surface area contributed by atoms with E-state index >= 15 is 0 Å². The van der Waals surface area contributed by atoms with Gasteiger partial charge in [0.25, 0.3) is 0 Å². The van der Waals surface area contributed by atoms with Gasteiger partial charge in [-0.3, -0.25) is 0 Å². The van der Waals surface area contributed by atoms with Crippen molar-refractivity contribution < 1.29 is 31.0 Å². The van der Waals surface area contributed by atoms with E-state index in [0.29, 0.717) is 21.4 Å². The van der Waals surface area contributed by atoms with E-state index in [1.807, 2.05) is 0 Å². The molecule has 0 aliphatic carbocycles. The van der Waals surface area contributed by atoms with Crippen LogP contribution in [0.4, 0.5) is 0 Å². The van der Waals surface area contributed by atoms with Crippen LogP contribution in [-0.2, 0) is 25.9 Å². The van der Waals surface area contributed by atoms with Crippen LogP contribution < -0.4 is 5.73 Å². The Labute approximate surface area is 81.2 Å². The molecule has 64 valence electrons. The number of nitrogens with two attached hydrogens (primary N) is 1. The molecule has 0 fully saturated rings. The summed E-state index contributed by atoms with van der Waals surface area (Å²) in [5, 5.41) is 9.25. The van der Waals surface area contributed by atoms with E-state index in [1.165, 1.54) is 0 Å². The second-order valence-corrected chi connectivity index (χ2v) is 3.79. The summed E-state index contributed by atoms with van der Waals surface area (Å²) in [6, 6.07) is -0.646. The second kappa shape index (κ2) is 7.74. The van der Waals surface area contributed by atoms with Gasteiger partial charge in [-0.2, -0.15) is 0 Å². The van der Waals surface area contributed by atoms with Gasteiger partial charge in [-0.1, -0.05) is 0 Å². The third kappa shape index (κ3) is 6.75. The SMILES string of the molecule is C[Se]CC[C@H](N)C(=O)O.[Pt]. The maximum Gasteiger partial charge on any atom is 0 e. The topological polar surface area (TPSA) is 63.3 Å². The van der Waals surface area contributed by atoms with Crippen LogP contribution in [0, 0.1) is 0 Å². The first-order valence-corrected chi connectivity index (χ1v) is 5.58. The van der Waals surface area contributed by atoms with Crippen LogP contribution in [-0.4, -0.2) is 32.1 Å². The minimum absolute atomic E-state index is 0. The van der Waals surface area contributed by atoms with E-state index in [0.717, 1.165) is 5.32 Å². The van der Waals surface area contributed by atoms with Gasteiger partial charge in [0.2, 0.25) is 0 Å². The Hall–Kier alpha value is 0.638. The molecule has 10 heavy (non-hydrogen) atoms. The molecule has 1 atom stereocenters. The van der Waals surface area contributed by atoms with Gasteiger partial charge in [0.1, 0.15) is 0 Å². The maximum atomic E-state index is 10.1. The van der Waals surface area contributed by atoms with Crippen LogP contribution in [0.2, 0.25) is 11.1 Å². The van der Waals surface area contributed by atoms with Crippen molar-refractivity contribution in [2.75, 3.05) is 0 Å². The average Bonchev–Trinajstić information content (AvgIpc) is 1.82. The zero-order chi connectivity index (χ0) is 7.28. The third-order valence-electron chi connectivity index (χ3n) is 0.950. The van der Waals surface area contributed by atoms with Gasteiger partial charge < -0.3 is 0 Å². The Balaban J connectivity index is 0. The molecule has 0 saturated carbocycles. The van der Waals surface area contributed by atoms with E-state index in [9.17, 15) is 4.79 Å². The van der Waals surface area contributed by atoms with Crippen molar-refractivity contribution in [3.8, 4) is 0 Å². The zero-order valence-electron chi connectivity index (χ0n) is 5.65. The molecule has 5 heteroatoms. The largest absolute Gasteiger partial charge is 0 e. The Kier molecular flexibility index (Phi) is 10.3. The number of hydrogen-bond donors (Lipinski definition) is 2. The number of carbonyl (C=O) groups is 1. The first-order chi connectivity index (χ1) is 4.18. The van der Waals surface area contributed by atoms with Crippen molar-refractivity contribution in [1.82, 2.24) is 0 Å². The van der Waals surface area contributed by atoms with Gasteiger partial charge in [0.05, 0.1) is 0 Å². The summed E-state index contributed by atoms with van der Waals surface area (Å²) in [7, 11) is 0. The molecule has 0 aromatic heterocycles. The Morgan fingerprint density at radius 2 is 2.30 bits per heavy atom. The summed E-state index contributed by atoms with van der Waals surface area (Å²) in [5.74, 6) is 1.18. The number of hydrogen-bond acceptors (Lipinski definition) is 2. The van der Waals surface area contributed by atoms with Gasteiger partial charge in [-0.25, -0.2) is 0 Å². The molecule has 0 saturated heterocycles. The van der Waals surface area contributed by atoms with E-state index in [4.69, 9.17) is 10.8 Å². The predicted octanol–water partition coefficient (Wildman–Crippen LogP) is -0.0435. The van der Waals surface area contributed by atoms with Gasteiger partial charge in [0, 0.05) is 21.1 Å². The Morgan fingerprint density at radius 1 is 1.80 bits per heavy atom. The van der Waals surface area contributed by atoms with Crippen molar-refractivity contribution in [3.05, 3.63) is 0 Å². The molecular weight excluding hydrogens is 380 g/mol. The number of carboxylic acids is 1. The summed E-state index contributed by atoms with van der Waals surface area (Å²) >= 11 is 0.549. The minimum Gasteiger partial charge on any atom is 0 e. The molecule has 0 heterocycles. The van der Waals surface area contributed by atoms with Crippen molar-refractivity contribution in [2.45, 2.75) is 23.6 Å².